The highest BCUT2D eigenvalue weighted by Gasteiger charge is 2.19. The van der Waals surface area contributed by atoms with Gasteiger partial charge < -0.3 is 14.2 Å². The van der Waals surface area contributed by atoms with Gasteiger partial charge in [-0.1, -0.05) is 304 Å². The van der Waals surface area contributed by atoms with Crippen LogP contribution < -0.4 is 0 Å². The van der Waals surface area contributed by atoms with Crippen LogP contribution in [0.3, 0.4) is 0 Å². The Bertz CT molecular complexity index is 1030. The second kappa shape index (κ2) is 53.8. The predicted molar refractivity (Wildman–Crippen MR) is 289 cm³/mol. The van der Waals surface area contributed by atoms with Gasteiger partial charge in [-0.2, -0.15) is 0 Å². The monoisotopic (exact) mass is 947 g/mol. The third kappa shape index (κ3) is 53.6. The first kappa shape index (κ1) is 65.4. The van der Waals surface area contributed by atoms with Crippen molar-refractivity contribution in [2.75, 3.05) is 13.2 Å². The van der Waals surface area contributed by atoms with Gasteiger partial charge in [0.15, 0.2) is 6.10 Å². The summed E-state index contributed by atoms with van der Waals surface area (Å²) in [4.78, 5) is 38.1. The third-order valence-corrected chi connectivity index (χ3v) is 14.3. The standard InChI is InChI=1S/C61H118O6/c1-6-8-9-10-11-12-31-36-41-46-51-59(62)65-54-58(55-66-60(63)52-47-42-37-32-27-23-20-19-22-26-30-35-40-45-50-57(5)7-2)67-61(64)53-48-43-38-33-28-24-18-16-14-13-15-17-21-25-29-34-39-44-49-56(3)4/h56-58H,6-55H2,1-5H3/t57?,58-/m0/s1. The van der Waals surface area contributed by atoms with Gasteiger partial charge in [0.05, 0.1) is 0 Å². The first-order valence-corrected chi connectivity index (χ1v) is 30.3. The highest BCUT2D eigenvalue weighted by Crippen LogP contribution is 2.19. The van der Waals surface area contributed by atoms with E-state index in [4.69, 9.17) is 14.2 Å². The summed E-state index contributed by atoms with van der Waals surface area (Å²) in [5, 5.41) is 0. The van der Waals surface area contributed by atoms with Gasteiger partial charge in [-0.25, -0.2) is 0 Å². The van der Waals surface area contributed by atoms with Crippen LogP contribution >= 0.6 is 0 Å². The molecule has 398 valence electrons. The molecule has 0 amide bonds. The first-order valence-electron chi connectivity index (χ1n) is 30.3. The van der Waals surface area contributed by atoms with E-state index in [0.717, 1.165) is 69.6 Å². The van der Waals surface area contributed by atoms with Crippen LogP contribution in [0.5, 0.6) is 0 Å². The fourth-order valence-corrected chi connectivity index (χ4v) is 9.37. The highest BCUT2D eigenvalue weighted by molar-refractivity contribution is 5.71. The summed E-state index contributed by atoms with van der Waals surface area (Å²) in [6.07, 6.45) is 58.1. The Morgan fingerprint density at radius 1 is 0.313 bits per heavy atom. The Morgan fingerprint density at radius 2 is 0.567 bits per heavy atom. The minimum atomic E-state index is -0.762. The van der Waals surface area contributed by atoms with Gasteiger partial charge in [-0.15, -0.1) is 0 Å². The molecular weight excluding hydrogens is 829 g/mol. The van der Waals surface area contributed by atoms with E-state index >= 15 is 0 Å². The molecule has 0 rings (SSSR count). The van der Waals surface area contributed by atoms with Crippen molar-refractivity contribution in [2.24, 2.45) is 11.8 Å². The summed E-state index contributed by atoms with van der Waals surface area (Å²) in [5.74, 6) is 0.916. The largest absolute Gasteiger partial charge is 0.462 e. The van der Waals surface area contributed by atoms with Crippen LogP contribution in [0.1, 0.15) is 343 Å². The van der Waals surface area contributed by atoms with E-state index in [-0.39, 0.29) is 31.1 Å². The van der Waals surface area contributed by atoms with Crippen LogP contribution in [0.2, 0.25) is 0 Å². The zero-order valence-electron chi connectivity index (χ0n) is 46.0. The Balaban J connectivity index is 4.21. The zero-order chi connectivity index (χ0) is 48.9. The lowest BCUT2D eigenvalue weighted by Gasteiger charge is -2.18. The van der Waals surface area contributed by atoms with E-state index in [1.54, 1.807) is 0 Å². The fourth-order valence-electron chi connectivity index (χ4n) is 9.37. The Kier molecular flexibility index (Phi) is 52.5. The summed E-state index contributed by atoms with van der Waals surface area (Å²) in [6, 6.07) is 0. The minimum absolute atomic E-state index is 0.0624. The number of esters is 3. The minimum Gasteiger partial charge on any atom is -0.462 e. The second-order valence-corrected chi connectivity index (χ2v) is 21.7. The van der Waals surface area contributed by atoms with Gasteiger partial charge >= 0.3 is 17.9 Å². The molecule has 0 aromatic carbocycles. The van der Waals surface area contributed by atoms with Crippen LogP contribution in [0.25, 0.3) is 0 Å². The van der Waals surface area contributed by atoms with Crippen LogP contribution in [0.15, 0.2) is 0 Å². The third-order valence-electron chi connectivity index (χ3n) is 14.3. The average Bonchev–Trinajstić information content (AvgIpc) is 3.31. The maximum Gasteiger partial charge on any atom is 0.306 e. The number of hydrogen-bond donors (Lipinski definition) is 0. The lowest BCUT2D eigenvalue weighted by atomic mass is 9.99. The average molecular weight is 948 g/mol. The summed E-state index contributed by atoms with van der Waals surface area (Å²) in [5.41, 5.74) is 0. The molecule has 0 saturated carbocycles. The molecular formula is C61H118O6. The van der Waals surface area contributed by atoms with Crippen molar-refractivity contribution in [1.29, 1.82) is 0 Å². The van der Waals surface area contributed by atoms with Crippen LogP contribution in [0, 0.1) is 11.8 Å². The molecule has 67 heavy (non-hydrogen) atoms. The zero-order valence-corrected chi connectivity index (χ0v) is 46.0. The van der Waals surface area contributed by atoms with Gasteiger partial charge in [-0.05, 0) is 31.1 Å². The van der Waals surface area contributed by atoms with Crippen molar-refractivity contribution in [1.82, 2.24) is 0 Å². The summed E-state index contributed by atoms with van der Waals surface area (Å²) < 4.78 is 16.9. The van der Waals surface area contributed by atoms with Crippen molar-refractivity contribution in [3.8, 4) is 0 Å². The number of carbonyl (C=O) groups excluding carboxylic acids is 3. The number of hydrogen-bond acceptors (Lipinski definition) is 6. The molecule has 0 radical (unpaired) electrons. The lowest BCUT2D eigenvalue weighted by Crippen LogP contribution is -2.30. The number of carbonyl (C=O) groups is 3. The molecule has 2 atom stereocenters. The molecule has 0 aliphatic heterocycles. The van der Waals surface area contributed by atoms with Gasteiger partial charge in [0.1, 0.15) is 13.2 Å². The van der Waals surface area contributed by atoms with Crippen LogP contribution in [-0.2, 0) is 28.6 Å². The smallest absolute Gasteiger partial charge is 0.306 e. The first-order chi connectivity index (χ1) is 32.8. The van der Waals surface area contributed by atoms with Crippen molar-refractivity contribution >= 4 is 17.9 Å². The molecule has 0 aromatic heterocycles. The van der Waals surface area contributed by atoms with Gasteiger partial charge in [0, 0.05) is 19.3 Å². The normalized spacial score (nSPS) is 12.4. The Morgan fingerprint density at radius 3 is 0.851 bits per heavy atom. The van der Waals surface area contributed by atoms with E-state index in [1.807, 2.05) is 0 Å². The second-order valence-electron chi connectivity index (χ2n) is 21.7. The van der Waals surface area contributed by atoms with Crippen molar-refractivity contribution in [3.05, 3.63) is 0 Å². The quantitative estimate of drug-likeness (QED) is 0.0343. The van der Waals surface area contributed by atoms with Crippen LogP contribution in [-0.4, -0.2) is 37.2 Å². The predicted octanol–water partition coefficient (Wildman–Crippen LogP) is 20.0. The Hall–Kier alpha value is -1.59. The van der Waals surface area contributed by atoms with Crippen molar-refractivity contribution < 1.29 is 28.6 Å². The van der Waals surface area contributed by atoms with E-state index in [9.17, 15) is 14.4 Å². The number of unbranched alkanes of at least 4 members (excludes halogenated alkanes) is 39. The molecule has 0 saturated heterocycles. The van der Waals surface area contributed by atoms with Gasteiger partial charge in [0.2, 0.25) is 0 Å². The molecule has 0 fully saturated rings. The maximum atomic E-state index is 12.9. The maximum absolute atomic E-state index is 12.9. The summed E-state index contributed by atoms with van der Waals surface area (Å²) in [7, 11) is 0. The van der Waals surface area contributed by atoms with Gasteiger partial charge in [-0.3, -0.25) is 14.4 Å². The number of rotatable bonds is 55. The number of ether oxygens (including phenoxy) is 3. The highest BCUT2D eigenvalue weighted by atomic mass is 16.6. The molecule has 6 heteroatoms. The molecule has 1 unspecified atom stereocenters. The summed E-state index contributed by atoms with van der Waals surface area (Å²) in [6.45, 7) is 11.5. The molecule has 0 aliphatic rings. The van der Waals surface area contributed by atoms with E-state index < -0.39 is 6.10 Å². The molecule has 0 spiro atoms. The molecule has 0 aromatic rings. The molecule has 0 bridgehead atoms. The van der Waals surface area contributed by atoms with E-state index in [1.165, 1.54) is 231 Å². The topological polar surface area (TPSA) is 78.9 Å². The fraction of sp³-hybridized carbons (Fsp3) is 0.951. The molecule has 0 N–H and O–H groups in total. The van der Waals surface area contributed by atoms with Gasteiger partial charge in [0.25, 0.3) is 0 Å². The Labute approximate surface area is 418 Å². The SMILES string of the molecule is CCCCCCCCCCCCC(=O)OC[C@@H](COC(=O)CCCCCCCCCCCCCCCCC(C)CC)OC(=O)CCCCCCCCCCCCCCCCCCCCC(C)C. The van der Waals surface area contributed by atoms with Crippen molar-refractivity contribution in [2.45, 2.75) is 349 Å². The molecule has 6 nitrogen and oxygen atoms in total. The van der Waals surface area contributed by atoms with E-state index in [0.29, 0.717) is 19.3 Å². The van der Waals surface area contributed by atoms with E-state index in [2.05, 4.69) is 34.6 Å². The summed E-state index contributed by atoms with van der Waals surface area (Å²) >= 11 is 0. The molecule has 0 heterocycles. The molecule has 0 aliphatic carbocycles. The van der Waals surface area contributed by atoms with Crippen molar-refractivity contribution in [3.63, 3.8) is 0 Å². The van der Waals surface area contributed by atoms with Crippen LogP contribution in [0.4, 0.5) is 0 Å². The lowest BCUT2D eigenvalue weighted by molar-refractivity contribution is -0.167.